The van der Waals surface area contributed by atoms with E-state index < -0.39 is 23.3 Å². The summed E-state index contributed by atoms with van der Waals surface area (Å²) in [5, 5.41) is 15.1. The minimum atomic E-state index is -4.90. The van der Waals surface area contributed by atoms with Crippen LogP contribution in [0.5, 0.6) is 0 Å². The number of aryl methyl sites for hydroxylation is 1. The van der Waals surface area contributed by atoms with Gasteiger partial charge in [-0.15, -0.1) is 0 Å². The van der Waals surface area contributed by atoms with Gasteiger partial charge >= 0.3 is 12.1 Å². The molecule has 8 heteroatoms. The number of aromatic nitrogens is 2. The molecule has 1 heterocycles. The van der Waals surface area contributed by atoms with Crippen LogP contribution in [-0.4, -0.2) is 32.6 Å². The molecule has 0 aliphatic heterocycles. The predicted octanol–water partition coefficient (Wildman–Crippen LogP) is 4.98. The number of carbonyl (C=O) groups excluding carboxylic acids is 1. The first kappa shape index (κ1) is 22.1. The standard InChI is InChI=1S/C24H23F3N2O3/c1-14-9-17(15-11-28-29(12-15)13-20(30)32-22(2,3)4)21-16-7-5-6-8-18(16)23(31,19(21)10-14)24(25,26)27/h5-12,31H,13H2,1-4H3/t23-/m1/s1. The fraction of sp³-hybridized carbons (Fsp3) is 0.333. The second-order valence-electron chi connectivity index (χ2n) is 9.00. The zero-order chi connectivity index (χ0) is 23.5. The number of ether oxygens (including phenoxy) is 1. The van der Waals surface area contributed by atoms with E-state index in [-0.39, 0.29) is 17.7 Å². The van der Waals surface area contributed by atoms with Crippen molar-refractivity contribution in [2.24, 2.45) is 0 Å². The van der Waals surface area contributed by atoms with Crippen molar-refractivity contribution >= 4 is 5.97 Å². The van der Waals surface area contributed by atoms with Crippen LogP contribution in [0, 0.1) is 6.92 Å². The van der Waals surface area contributed by atoms with Crippen LogP contribution in [0.2, 0.25) is 0 Å². The number of rotatable bonds is 3. The number of esters is 1. The molecular weight excluding hydrogens is 421 g/mol. The average Bonchev–Trinajstić information content (AvgIpc) is 3.22. The Morgan fingerprint density at radius 2 is 1.81 bits per heavy atom. The summed E-state index contributed by atoms with van der Waals surface area (Å²) < 4.78 is 49.1. The summed E-state index contributed by atoms with van der Waals surface area (Å²) in [4.78, 5) is 12.1. The molecule has 1 N–H and O–H groups in total. The fourth-order valence-electron chi connectivity index (χ4n) is 4.15. The van der Waals surface area contributed by atoms with Crippen molar-refractivity contribution in [1.82, 2.24) is 9.78 Å². The molecule has 32 heavy (non-hydrogen) atoms. The number of hydrogen-bond acceptors (Lipinski definition) is 4. The molecule has 4 rings (SSSR count). The number of halogens is 3. The lowest BCUT2D eigenvalue weighted by Gasteiger charge is -2.28. The summed E-state index contributed by atoms with van der Waals surface area (Å²) in [6.45, 7) is 6.82. The van der Waals surface area contributed by atoms with E-state index >= 15 is 0 Å². The topological polar surface area (TPSA) is 64.4 Å². The van der Waals surface area contributed by atoms with Gasteiger partial charge < -0.3 is 9.84 Å². The highest BCUT2D eigenvalue weighted by atomic mass is 19.4. The summed E-state index contributed by atoms with van der Waals surface area (Å²) in [5.41, 5.74) is -1.92. The monoisotopic (exact) mass is 444 g/mol. The normalized spacial score (nSPS) is 17.8. The molecule has 1 atom stereocenters. The fourth-order valence-corrected chi connectivity index (χ4v) is 4.15. The first-order chi connectivity index (χ1) is 14.8. The number of hydrogen-bond donors (Lipinski definition) is 1. The maximum atomic E-state index is 14.1. The van der Waals surface area contributed by atoms with Crippen LogP contribution in [0.1, 0.15) is 37.5 Å². The molecule has 0 saturated carbocycles. The quantitative estimate of drug-likeness (QED) is 0.579. The number of fused-ring (bicyclic) bond motifs is 3. The van der Waals surface area contributed by atoms with E-state index in [9.17, 15) is 23.1 Å². The molecule has 3 aromatic rings. The van der Waals surface area contributed by atoms with Crippen LogP contribution in [0.4, 0.5) is 13.2 Å². The average molecular weight is 444 g/mol. The lowest BCUT2D eigenvalue weighted by atomic mass is 9.88. The zero-order valence-corrected chi connectivity index (χ0v) is 18.1. The molecule has 1 aromatic heterocycles. The van der Waals surface area contributed by atoms with E-state index in [1.54, 1.807) is 52.1 Å². The van der Waals surface area contributed by atoms with Gasteiger partial charge in [-0.05, 0) is 44.4 Å². The van der Waals surface area contributed by atoms with Gasteiger partial charge in [0.05, 0.1) is 6.20 Å². The van der Waals surface area contributed by atoms with Gasteiger partial charge in [-0.2, -0.15) is 18.3 Å². The molecule has 168 valence electrons. The Labute approximate surface area is 183 Å². The van der Waals surface area contributed by atoms with Crippen LogP contribution in [0.3, 0.4) is 0 Å². The van der Waals surface area contributed by atoms with Gasteiger partial charge in [-0.3, -0.25) is 9.48 Å². The van der Waals surface area contributed by atoms with Crippen LogP contribution in [0.15, 0.2) is 48.8 Å². The Hall–Kier alpha value is -3.13. The summed E-state index contributed by atoms with van der Waals surface area (Å²) in [6, 6.07) is 9.12. The number of benzene rings is 2. The number of alkyl halides is 3. The van der Waals surface area contributed by atoms with Crippen molar-refractivity contribution in [2.45, 2.75) is 51.6 Å². The second kappa shape index (κ2) is 7.20. The van der Waals surface area contributed by atoms with Gasteiger partial charge in [0, 0.05) is 22.9 Å². The van der Waals surface area contributed by atoms with Gasteiger partial charge in [0.2, 0.25) is 5.60 Å². The van der Waals surface area contributed by atoms with Gasteiger partial charge in [-0.1, -0.05) is 42.0 Å². The summed E-state index contributed by atoms with van der Waals surface area (Å²) in [5.74, 6) is -0.474. The minimum absolute atomic E-state index is 0.131. The molecule has 0 unspecified atom stereocenters. The van der Waals surface area contributed by atoms with E-state index in [1.165, 1.54) is 29.1 Å². The number of aliphatic hydroxyl groups is 1. The highest BCUT2D eigenvalue weighted by Crippen LogP contribution is 2.57. The van der Waals surface area contributed by atoms with Crippen LogP contribution in [-0.2, 0) is 21.7 Å². The molecule has 5 nitrogen and oxygen atoms in total. The third-order valence-electron chi connectivity index (χ3n) is 5.32. The zero-order valence-electron chi connectivity index (χ0n) is 18.1. The summed E-state index contributed by atoms with van der Waals surface area (Å²) >= 11 is 0. The SMILES string of the molecule is Cc1cc(-c2cnn(CC(=O)OC(C)(C)C)c2)c2c(c1)[C@@](O)(C(F)(F)F)c1ccccc1-2. The smallest absolute Gasteiger partial charge is 0.425 e. The van der Waals surface area contributed by atoms with Crippen molar-refractivity contribution in [1.29, 1.82) is 0 Å². The molecule has 0 radical (unpaired) electrons. The Morgan fingerprint density at radius 3 is 2.47 bits per heavy atom. The Balaban J connectivity index is 1.83. The molecular formula is C24H23F3N2O3. The first-order valence-electron chi connectivity index (χ1n) is 10.1. The highest BCUT2D eigenvalue weighted by Gasteiger charge is 2.61. The van der Waals surface area contributed by atoms with Gasteiger partial charge in [0.15, 0.2) is 0 Å². The molecule has 1 aliphatic rings. The van der Waals surface area contributed by atoms with Crippen LogP contribution >= 0.6 is 0 Å². The largest absolute Gasteiger partial charge is 0.459 e. The van der Waals surface area contributed by atoms with Crippen molar-refractivity contribution in [2.75, 3.05) is 0 Å². The van der Waals surface area contributed by atoms with E-state index in [0.29, 0.717) is 27.8 Å². The minimum Gasteiger partial charge on any atom is -0.459 e. The maximum Gasteiger partial charge on any atom is 0.425 e. The van der Waals surface area contributed by atoms with E-state index in [4.69, 9.17) is 4.74 Å². The molecule has 1 aliphatic carbocycles. The Morgan fingerprint density at radius 1 is 1.12 bits per heavy atom. The highest BCUT2D eigenvalue weighted by molar-refractivity contribution is 5.92. The number of nitrogens with zero attached hydrogens (tertiary/aromatic N) is 2. The Kier molecular flexibility index (Phi) is 4.97. The van der Waals surface area contributed by atoms with Gasteiger partial charge in [0.25, 0.3) is 0 Å². The molecule has 0 fully saturated rings. The van der Waals surface area contributed by atoms with Gasteiger partial charge in [-0.25, -0.2) is 0 Å². The lowest BCUT2D eigenvalue weighted by molar-refractivity contribution is -0.246. The maximum absolute atomic E-state index is 14.1. The predicted molar refractivity (Wildman–Crippen MR) is 113 cm³/mol. The van der Waals surface area contributed by atoms with Crippen LogP contribution < -0.4 is 0 Å². The lowest BCUT2D eigenvalue weighted by Crippen LogP contribution is -2.41. The van der Waals surface area contributed by atoms with Crippen LogP contribution in [0.25, 0.3) is 22.3 Å². The molecule has 0 saturated heterocycles. The molecule has 0 amide bonds. The first-order valence-corrected chi connectivity index (χ1v) is 10.1. The van der Waals surface area contributed by atoms with Crippen molar-refractivity contribution < 1.29 is 27.8 Å². The second-order valence-corrected chi connectivity index (χ2v) is 9.00. The Bertz CT molecular complexity index is 1210. The summed E-state index contributed by atoms with van der Waals surface area (Å²) in [6.07, 6.45) is -1.82. The van der Waals surface area contributed by atoms with Crippen molar-refractivity contribution in [3.05, 3.63) is 65.5 Å². The van der Waals surface area contributed by atoms with E-state index in [2.05, 4.69) is 5.10 Å². The summed E-state index contributed by atoms with van der Waals surface area (Å²) in [7, 11) is 0. The van der Waals surface area contributed by atoms with Crippen molar-refractivity contribution in [3.63, 3.8) is 0 Å². The van der Waals surface area contributed by atoms with E-state index in [1.807, 2.05) is 0 Å². The van der Waals surface area contributed by atoms with E-state index in [0.717, 1.165) is 0 Å². The molecule has 2 aromatic carbocycles. The number of carbonyl (C=O) groups is 1. The van der Waals surface area contributed by atoms with Gasteiger partial charge in [0.1, 0.15) is 12.1 Å². The molecule has 0 bridgehead atoms. The third-order valence-corrected chi connectivity index (χ3v) is 5.32. The molecule has 0 spiro atoms. The third kappa shape index (κ3) is 3.58. The van der Waals surface area contributed by atoms with Crippen molar-refractivity contribution in [3.8, 4) is 22.3 Å².